The van der Waals surface area contributed by atoms with Gasteiger partial charge in [-0.25, -0.2) is 4.79 Å². The van der Waals surface area contributed by atoms with Gasteiger partial charge in [0.2, 0.25) is 6.10 Å². The van der Waals surface area contributed by atoms with Crippen LogP contribution >= 0.6 is 0 Å². The quantitative estimate of drug-likeness (QED) is 0.443. The first-order valence-corrected chi connectivity index (χ1v) is 9.71. The van der Waals surface area contributed by atoms with Crippen LogP contribution in [0.25, 0.3) is 11.1 Å². The van der Waals surface area contributed by atoms with Crippen LogP contribution in [0.15, 0.2) is 78.9 Å². The van der Waals surface area contributed by atoms with Gasteiger partial charge < -0.3 is 14.4 Å². The van der Waals surface area contributed by atoms with E-state index in [-0.39, 0.29) is 11.9 Å². The van der Waals surface area contributed by atoms with Crippen molar-refractivity contribution in [3.8, 4) is 16.9 Å². The molecule has 0 heterocycles. The van der Waals surface area contributed by atoms with Crippen LogP contribution in [0.2, 0.25) is 0 Å². The Morgan fingerprint density at radius 1 is 0.774 bits per heavy atom. The van der Waals surface area contributed by atoms with Crippen LogP contribution in [0, 0.1) is 0 Å². The molecule has 158 valence electrons. The molecule has 0 saturated heterocycles. The summed E-state index contributed by atoms with van der Waals surface area (Å²) in [6.45, 7) is 1.35. The molecule has 0 aliphatic carbocycles. The van der Waals surface area contributed by atoms with Crippen molar-refractivity contribution in [1.29, 1.82) is 0 Å². The molecule has 3 aromatic carbocycles. The van der Waals surface area contributed by atoms with E-state index in [9.17, 15) is 14.4 Å². The molecule has 0 aromatic heterocycles. The highest BCUT2D eigenvalue weighted by molar-refractivity contribution is 5.93. The molecule has 0 bridgehead atoms. The standard InChI is InChI=1S/C25H23NO5/c1-17(27)30-22-15-13-19(14-16-22)18-9-11-21(12-10-18)25(29)31-23(24(28)26(2)3)20-7-5-4-6-8-20/h4-16,23H,1-3H3. The van der Waals surface area contributed by atoms with Crippen molar-refractivity contribution in [2.45, 2.75) is 13.0 Å². The van der Waals surface area contributed by atoms with Gasteiger partial charge in [0.1, 0.15) is 5.75 Å². The molecule has 0 aliphatic rings. The number of amides is 1. The molecule has 1 atom stereocenters. The second-order valence-electron chi connectivity index (χ2n) is 7.12. The van der Waals surface area contributed by atoms with Crippen molar-refractivity contribution in [2.75, 3.05) is 14.1 Å². The fraction of sp³-hybridized carbons (Fsp3) is 0.160. The maximum absolute atomic E-state index is 12.7. The highest BCUT2D eigenvalue weighted by atomic mass is 16.5. The van der Waals surface area contributed by atoms with E-state index in [1.807, 2.05) is 18.2 Å². The summed E-state index contributed by atoms with van der Waals surface area (Å²) in [5.74, 6) is -0.809. The first-order chi connectivity index (χ1) is 14.8. The number of nitrogens with zero attached hydrogens (tertiary/aromatic N) is 1. The van der Waals surface area contributed by atoms with E-state index in [0.29, 0.717) is 16.9 Å². The summed E-state index contributed by atoms with van der Waals surface area (Å²) in [7, 11) is 3.24. The Morgan fingerprint density at radius 3 is 1.84 bits per heavy atom. The Morgan fingerprint density at radius 2 is 1.32 bits per heavy atom. The second-order valence-corrected chi connectivity index (χ2v) is 7.12. The molecule has 0 N–H and O–H groups in total. The SMILES string of the molecule is CC(=O)Oc1ccc(-c2ccc(C(=O)OC(C(=O)N(C)C)c3ccccc3)cc2)cc1. The van der Waals surface area contributed by atoms with Crippen LogP contribution in [0.5, 0.6) is 5.75 Å². The number of ether oxygens (including phenoxy) is 2. The van der Waals surface area contributed by atoms with E-state index in [2.05, 4.69) is 0 Å². The van der Waals surface area contributed by atoms with E-state index in [4.69, 9.17) is 9.47 Å². The first kappa shape index (κ1) is 21.8. The maximum atomic E-state index is 12.7. The molecule has 1 amide bonds. The van der Waals surface area contributed by atoms with Gasteiger partial charge in [-0.2, -0.15) is 0 Å². The average molecular weight is 417 g/mol. The first-order valence-electron chi connectivity index (χ1n) is 9.71. The molecule has 6 nitrogen and oxygen atoms in total. The van der Waals surface area contributed by atoms with Crippen molar-refractivity contribution >= 4 is 17.8 Å². The highest BCUT2D eigenvalue weighted by Crippen LogP contribution is 2.25. The lowest BCUT2D eigenvalue weighted by Gasteiger charge is -2.21. The normalized spacial score (nSPS) is 11.3. The average Bonchev–Trinajstić information content (AvgIpc) is 2.77. The molecule has 0 aliphatic heterocycles. The van der Waals surface area contributed by atoms with E-state index in [0.717, 1.165) is 11.1 Å². The molecular weight excluding hydrogens is 394 g/mol. The smallest absolute Gasteiger partial charge is 0.339 e. The summed E-state index contributed by atoms with van der Waals surface area (Å²) in [5.41, 5.74) is 2.74. The van der Waals surface area contributed by atoms with E-state index >= 15 is 0 Å². The Bertz CT molecular complexity index is 1060. The number of likely N-dealkylation sites (N-methyl/N-ethyl adjacent to an activating group) is 1. The summed E-state index contributed by atoms with van der Waals surface area (Å²) in [6.07, 6.45) is -1.02. The molecule has 0 fully saturated rings. The minimum atomic E-state index is -1.02. The number of benzene rings is 3. The molecule has 31 heavy (non-hydrogen) atoms. The third kappa shape index (κ3) is 5.57. The number of rotatable bonds is 6. The third-order valence-electron chi connectivity index (χ3n) is 4.56. The fourth-order valence-corrected chi connectivity index (χ4v) is 2.98. The largest absolute Gasteiger partial charge is 0.444 e. The van der Waals surface area contributed by atoms with Crippen LogP contribution in [0.3, 0.4) is 0 Å². The zero-order chi connectivity index (χ0) is 22.4. The van der Waals surface area contributed by atoms with Crippen molar-refractivity contribution in [1.82, 2.24) is 4.90 Å². The highest BCUT2D eigenvalue weighted by Gasteiger charge is 2.27. The Balaban J connectivity index is 1.76. The van der Waals surface area contributed by atoms with Gasteiger partial charge in [0, 0.05) is 26.6 Å². The maximum Gasteiger partial charge on any atom is 0.339 e. The summed E-state index contributed by atoms with van der Waals surface area (Å²) >= 11 is 0. The molecule has 3 rings (SSSR count). The second kappa shape index (κ2) is 9.71. The van der Waals surface area contributed by atoms with Gasteiger partial charge in [0.05, 0.1) is 5.56 Å². The van der Waals surface area contributed by atoms with Gasteiger partial charge in [-0.05, 0) is 35.4 Å². The molecule has 1 unspecified atom stereocenters. The molecule has 0 saturated carbocycles. The summed E-state index contributed by atoms with van der Waals surface area (Å²) in [6, 6.07) is 22.9. The fourth-order valence-electron chi connectivity index (χ4n) is 2.98. The molecule has 0 spiro atoms. The zero-order valence-electron chi connectivity index (χ0n) is 17.6. The van der Waals surface area contributed by atoms with Crippen LogP contribution in [-0.4, -0.2) is 36.8 Å². The zero-order valence-corrected chi connectivity index (χ0v) is 17.6. The van der Waals surface area contributed by atoms with E-state index in [1.165, 1.54) is 11.8 Å². The van der Waals surface area contributed by atoms with Crippen LogP contribution in [0.1, 0.15) is 28.9 Å². The summed E-state index contributed by atoms with van der Waals surface area (Å²) in [5, 5.41) is 0. The van der Waals surface area contributed by atoms with Gasteiger partial charge >= 0.3 is 11.9 Å². The lowest BCUT2D eigenvalue weighted by Crippen LogP contribution is -2.31. The van der Waals surface area contributed by atoms with Gasteiger partial charge in [0.15, 0.2) is 0 Å². The summed E-state index contributed by atoms with van der Waals surface area (Å²) < 4.78 is 10.6. The molecule has 3 aromatic rings. The van der Waals surface area contributed by atoms with Crippen molar-refractivity contribution in [3.63, 3.8) is 0 Å². The van der Waals surface area contributed by atoms with Gasteiger partial charge in [-0.15, -0.1) is 0 Å². The number of hydrogen-bond donors (Lipinski definition) is 0. The van der Waals surface area contributed by atoms with Crippen molar-refractivity contribution in [2.24, 2.45) is 0 Å². The number of esters is 2. The number of hydrogen-bond acceptors (Lipinski definition) is 5. The lowest BCUT2D eigenvalue weighted by molar-refractivity contribution is -0.138. The van der Waals surface area contributed by atoms with Crippen molar-refractivity contribution < 1.29 is 23.9 Å². The predicted octanol–water partition coefficient (Wildman–Crippen LogP) is 4.27. The minimum absolute atomic E-state index is 0.316. The van der Waals surface area contributed by atoms with Crippen LogP contribution in [0.4, 0.5) is 0 Å². The van der Waals surface area contributed by atoms with E-state index in [1.54, 1.807) is 74.8 Å². The van der Waals surface area contributed by atoms with Gasteiger partial charge in [0.25, 0.3) is 5.91 Å². The van der Waals surface area contributed by atoms with Crippen LogP contribution < -0.4 is 4.74 Å². The molecule has 0 radical (unpaired) electrons. The minimum Gasteiger partial charge on any atom is -0.444 e. The Labute approximate surface area is 181 Å². The number of carbonyl (C=O) groups excluding carboxylic acids is 3. The summed E-state index contributed by atoms with van der Waals surface area (Å²) in [4.78, 5) is 37.7. The molecule has 6 heteroatoms. The third-order valence-corrected chi connectivity index (χ3v) is 4.56. The predicted molar refractivity (Wildman–Crippen MR) is 116 cm³/mol. The van der Waals surface area contributed by atoms with Gasteiger partial charge in [-0.1, -0.05) is 54.6 Å². The van der Waals surface area contributed by atoms with E-state index < -0.39 is 12.1 Å². The van der Waals surface area contributed by atoms with Gasteiger partial charge in [-0.3, -0.25) is 9.59 Å². The number of carbonyl (C=O) groups is 3. The lowest BCUT2D eigenvalue weighted by atomic mass is 10.0. The Hall–Kier alpha value is -3.93. The molecular formula is C25H23NO5. The van der Waals surface area contributed by atoms with Crippen molar-refractivity contribution in [3.05, 3.63) is 90.0 Å². The topological polar surface area (TPSA) is 72.9 Å². The monoisotopic (exact) mass is 417 g/mol. The Kier molecular flexibility index (Phi) is 6.82. The van der Waals surface area contributed by atoms with Crippen LogP contribution in [-0.2, 0) is 14.3 Å².